The topological polar surface area (TPSA) is 30.7 Å². The van der Waals surface area contributed by atoms with Crippen LogP contribution >= 0.6 is 28.3 Å². The summed E-state index contributed by atoms with van der Waals surface area (Å²) in [7, 11) is 0. The summed E-state index contributed by atoms with van der Waals surface area (Å²) in [5.74, 6) is 0.869. The van der Waals surface area contributed by atoms with E-state index < -0.39 is 0 Å². The molecule has 5 heteroatoms. The van der Waals surface area contributed by atoms with Gasteiger partial charge in [-0.25, -0.2) is 9.67 Å². The van der Waals surface area contributed by atoms with Crippen molar-refractivity contribution in [3.63, 3.8) is 0 Å². The average molecular weight is 275 g/mol. The third-order valence-corrected chi connectivity index (χ3v) is 2.17. The Hall–Kier alpha value is -0.870. The van der Waals surface area contributed by atoms with Crippen molar-refractivity contribution in [3.8, 4) is 5.82 Å². The maximum Gasteiger partial charge on any atom is 0.156 e. The number of nitrogens with zero attached hydrogens (tertiary/aromatic N) is 3. The van der Waals surface area contributed by atoms with Crippen LogP contribution in [-0.4, -0.2) is 14.8 Å². The van der Waals surface area contributed by atoms with Gasteiger partial charge in [0.2, 0.25) is 0 Å². The first-order valence-corrected chi connectivity index (χ1v) is 4.69. The Labute approximate surface area is 96.7 Å². The minimum Gasteiger partial charge on any atom is -0.236 e. The summed E-state index contributed by atoms with van der Waals surface area (Å²) in [4.78, 5) is 4.27. The molecule has 74 valence electrons. The summed E-state index contributed by atoms with van der Waals surface area (Å²) in [6.07, 6.45) is 5.39. The maximum atomic E-state index is 4.27. The molecule has 2 aromatic rings. The first-order chi connectivity index (χ1) is 6.27. The number of halogens is 2. The predicted molar refractivity (Wildman–Crippen MR) is 61.0 cm³/mol. The Morgan fingerprint density at radius 2 is 2.21 bits per heavy atom. The third kappa shape index (κ3) is 2.13. The molecule has 0 atom stereocenters. The molecular weight excluding hydrogens is 265 g/mol. The molecule has 14 heavy (non-hydrogen) atoms. The van der Waals surface area contributed by atoms with Crippen LogP contribution in [0.15, 0.2) is 35.2 Å². The van der Waals surface area contributed by atoms with E-state index in [0.717, 1.165) is 15.9 Å². The largest absolute Gasteiger partial charge is 0.236 e. The molecule has 2 rings (SSSR count). The molecule has 0 unspecified atom stereocenters. The molecular formula is C9H9BrClN3. The molecule has 0 fully saturated rings. The summed E-state index contributed by atoms with van der Waals surface area (Å²) in [5.41, 5.74) is 1.10. The zero-order valence-electron chi connectivity index (χ0n) is 7.51. The summed E-state index contributed by atoms with van der Waals surface area (Å²) in [6.45, 7) is 2.01. The fourth-order valence-electron chi connectivity index (χ4n) is 1.17. The minimum absolute atomic E-state index is 0. The van der Waals surface area contributed by atoms with Crippen molar-refractivity contribution in [2.24, 2.45) is 0 Å². The van der Waals surface area contributed by atoms with Gasteiger partial charge in [-0.3, -0.25) is 0 Å². The SMILES string of the molecule is Cc1cc(Br)cnc1-n1cccn1.Cl. The van der Waals surface area contributed by atoms with E-state index in [9.17, 15) is 0 Å². The molecule has 3 nitrogen and oxygen atoms in total. The molecule has 2 heterocycles. The highest BCUT2D eigenvalue weighted by Gasteiger charge is 2.02. The first-order valence-electron chi connectivity index (χ1n) is 3.89. The molecule has 0 saturated carbocycles. The van der Waals surface area contributed by atoms with Gasteiger partial charge in [0.15, 0.2) is 5.82 Å². The Balaban J connectivity index is 0.000000980. The minimum atomic E-state index is 0. The summed E-state index contributed by atoms with van der Waals surface area (Å²) >= 11 is 3.37. The molecule has 0 saturated heterocycles. The van der Waals surface area contributed by atoms with E-state index in [2.05, 4.69) is 26.0 Å². The molecule has 0 aliphatic heterocycles. The molecule has 0 aromatic carbocycles. The maximum absolute atomic E-state index is 4.27. The first kappa shape index (κ1) is 11.2. The van der Waals surface area contributed by atoms with E-state index in [0.29, 0.717) is 0 Å². The van der Waals surface area contributed by atoms with Crippen LogP contribution in [0.4, 0.5) is 0 Å². The number of hydrogen-bond donors (Lipinski definition) is 0. The Morgan fingerprint density at radius 3 is 2.79 bits per heavy atom. The summed E-state index contributed by atoms with van der Waals surface area (Å²) < 4.78 is 2.74. The molecule has 0 aliphatic rings. The van der Waals surface area contributed by atoms with E-state index >= 15 is 0 Å². The van der Waals surface area contributed by atoms with Crippen LogP contribution in [0.25, 0.3) is 5.82 Å². The second-order valence-electron chi connectivity index (χ2n) is 2.74. The molecule has 0 radical (unpaired) electrons. The lowest BCUT2D eigenvalue weighted by Crippen LogP contribution is -2.00. The number of aryl methyl sites for hydroxylation is 1. The third-order valence-electron chi connectivity index (χ3n) is 1.74. The van der Waals surface area contributed by atoms with Gasteiger partial charge < -0.3 is 0 Å². The molecule has 0 N–H and O–H groups in total. The van der Waals surface area contributed by atoms with E-state index in [1.54, 1.807) is 17.1 Å². The van der Waals surface area contributed by atoms with Gasteiger partial charge in [-0.2, -0.15) is 5.10 Å². The lowest BCUT2D eigenvalue weighted by molar-refractivity contribution is 0.837. The highest BCUT2D eigenvalue weighted by molar-refractivity contribution is 9.10. The Kier molecular flexibility index (Phi) is 3.66. The molecule has 0 spiro atoms. The smallest absolute Gasteiger partial charge is 0.156 e. The van der Waals surface area contributed by atoms with Crippen LogP contribution < -0.4 is 0 Å². The number of aromatic nitrogens is 3. The summed E-state index contributed by atoms with van der Waals surface area (Å²) in [6, 6.07) is 3.90. The van der Waals surface area contributed by atoms with Gasteiger partial charge in [0, 0.05) is 23.1 Å². The van der Waals surface area contributed by atoms with E-state index in [1.807, 2.05) is 25.3 Å². The van der Waals surface area contributed by atoms with Crippen LogP contribution in [0.1, 0.15) is 5.56 Å². The van der Waals surface area contributed by atoms with E-state index in [4.69, 9.17) is 0 Å². The molecule has 2 aromatic heterocycles. The fourth-order valence-corrected chi connectivity index (χ4v) is 1.61. The fraction of sp³-hybridized carbons (Fsp3) is 0.111. The number of rotatable bonds is 1. The van der Waals surface area contributed by atoms with Crippen LogP contribution in [0.5, 0.6) is 0 Å². The van der Waals surface area contributed by atoms with Crippen molar-refractivity contribution in [1.82, 2.24) is 14.8 Å². The molecule has 0 bridgehead atoms. The van der Waals surface area contributed by atoms with Crippen molar-refractivity contribution in [3.05, 3.63) is 40.8 Å². The summed E-state index contributed by atoms with van der Waals surface area (Å²) in [5, 5.41) is 4.12. The van der Waals surface area contributed by atoms with Crippen molar-refractivity contribution < 1.29 is 0 Å². The van der Waals surface area contributed by atoms with Gasteiger partial charge in [0.1, 0.15) is 0 Å². The number of pyridine rings is 1. The quantitative estimate of drug-likeness (QED) is 0.800. The zero-order chi connectivity index (χ0) is 9.26. The molecule has 0 aliphatic carbocycles. The van der Waals surface area contributed by atoms with Crippen molar-refractivity contribution in [2.75, 3.05) is 0 Å². The average Bonchev–Trinajstić information content (AvgIpc) is 2.56. The van der Waals surface area contributed by atoms with Crippen LogP contribution in [0.3, 0.4) is 0 Å². The van der Waals surface area contributed by atoms with Gasteiger partial charge in [-0.1, -0.05) is 0 Å². The highest BCUT2D eigenvalue weighted by atomic mass is 79.9. The second-order valence-corrected chi connectivity index (χ2v) is 3.66. The van der Waals surface area contributed by atoms with E-state index in [1.165, 1.54) is 0 Å². The Morgan fingerprint density at radius 1 is 1.43 bits per heavy atom. The monoisotopic (exact) mass is 273 g/mol. The predicted octanol–water partition coefficient (Wildman–Crippen LogP) is 2.76. The van der Waals surface area contributed by atoms with Gasteiger partial charge in [-0.05, 0) is 40.5 Å². The van der Waals surface area contributed by atoms with Gasteiger partial charge in [0.05, 0.1) is 0 Å². The highest BCUT2D eigenvalue weighted by Crippen LogP contribution is 2.15. The van der Waals surface area contributed by atoms with Crippen molar-refractivity contribution >= 4 is 28.3 Å². The Bertz CT molecular complexity index is 414. The normalized spacial score (nSPS) is 9.57. The van der Waals surface area contributed by atoms with Crippen LogP contribution in [0, 0.1) is 6.92 Å². The van der Waals surface area contributed by atoms with Gasteiger partial charge >= 0.3 is 0 Å². The van der Waals surface area contributed by atoms with Gasteiger partial charge in [0.25, 0.3) is 0 Å². The lowest BCUT2D eigenvalue weighted by atomic mass is 10.3. The zero-order valence-corrected chi connectivity index (χ0v) is 9.92. The van der Waals surface area contributed by atoms with Gasteiger partial charge in [-0.15, -0.1) is 12.4 Å². The number of hydrogen-bond acceptors (Lipinski definition) is 2. The lowest BCUT2D eigenvalue weighted by Gasteiger charge is -2.03. The molecule has 0 amide bonds. The van der Waals surface area contributed by atoms with E-state index in [-0.39, 0.29) is 12.4 Å². The van der Waals surface area contributed by atoms with Crippen LogP contribution in [-0.2, 0) is 0 Å². The second kappa shape index (κ2) is 4.57. The van der Waals surface area contributed by atoms with Crippen molar-refractivity contribution in [2.45, 2.75) is 6.92 Å². The van der Waals surface area contributed by atoms with Crippen LogP contribution in [0.2, 0.25) is 0 Å². The van der Waals surface area contributed by atoms with Crippen molar-refractivity contribution in [1.29, 1.82) is 0 Å². The standard InChI is InChI=1S/C9H8BrN3.ClH/c1-7-5-8(10)6-11-9(7)13-4-2-3-12-13;/h2-6H,1H3;1H.